The van der Waals surface area contributed by atoms with E-state index in [1.54, 1.807) is 4.90 Å². The average molecular weight is 383 g/mol. The van der Waals surface area contributed by atoms with Crippen LogP contribution in [0.4, 0.5) is 16.6 Å². The number of benzene rings is 1. The number of rotatable bonds is 5. The molecule has 2 heterocycles. The van der Waals surface area contributed by atoms with Crippen molar-refractivity contribution in [2.24, 2.45) is 0 Å². The van der Waals surface area contributed by atoms with Crippen LogP contribution in [0.2, 0.25) is 0 Å². The maximum atomic E-state index is 11.8. The summed E-state index contributed by atoms with van der Waals surface area (Å²) in [6.07, 6.45) is 1.55. The molecule has 1 fully saturated rings. The molecule has 7 nitrogen and oxygen atoms in total. The third kappa shape index (κ3) is 4.71. The molecule has 1 aromatic heterocycles. The maximum absolute atomic E-state index is 11.8. The summed E-state index contributed by atoms with van der Waals surface area (Å²) in [5, 5.41) is 9.65. The molecule has 0 spiro atoms. The van der Waals surface area contributed by atoms with Gasteiger partial charge in [-0.1, -0.05) is 30.3 Å². The minimum absolute atomic E-state index is 0.0681. The van der Waals surface area contributed by atoms with Crippen molar-refractivity contribution in [3.8, 4) is 0 Å². The number of carbonyl (C=O) groups is 1. The van der Waals surface area contributed by atoms with Crippen molar-refractivity contribution in [1.82, 2.24) is 14.9 Å². The van der Waals surface area contributed by atoms with E-state index in [0.717, 1.165) is 37.3 Å². The summed E-state index contributed by atoms with van der Waals surface area (Å²) in [5.74, 6) is 1.03. The van der Waals surface area contributed by atoms with Crippen molar-refractivity contribution < 1.29 is 9.90 Å². The van der Waals surface area contributed by atoms with Crippen molar-refractivity contribution in [1.29, 1.82) is 0 Å². The van der Waals surface area contributed by atoms with Gasteiger partial charge in [-0.05, 0) is 45.6 Å². The lowest BCUT2D eigenvalue weighted by molar-refractivity contribution is 0.0763. The molecule has 3 rings (SSSR count). The third-order valence-corrected chi connectivity index (χ3v) is 5.08. The Hall–Kier alpha value is -2.83. The molecule has 1 saturated heterocycles. The van der Waals surface area contributed by atoms with Gasteiger partial charge in [0.1, 0.15) is 5.82 Å². The Kier molecular flexibility index (Phi) is 5.72. The molecule has 3 N–H and O–H groups in total. The molecule has 0 radical (unpaired) electrons. The minimum atomic E-state index is -0.884. The first-order chi connectivity index (χ1) is 13.2. The van der Waals surface area contributed by atoms with Crippen molar-refractivity contribution in [2.75, 3.05) is 23.7 Å². The van der Waals surface area contributed by atoms with E-state index in [1.807, 2.05) is 45.0 Å². The van der Waals surface area contributed by atoms with Gasteiger partial charge in [-0.15, -0.1) is 0 Å². The smallest absolute Gasteiger partial charge is 0.408 e. The van der Waals surface area contributed by atoms with Crippen LogP contribution in [0.3, 0.4) is 0 Å². The summed E-state index contributed by atoms with van der Waals surface area (Å²) in [4.78, 5) is 24.2. The number of aryl methyl sites for hydroxylation is 2. The molecular formula is C21H29N5O2. The van der Waals surface area contributed by atoms with Crippen LogP contribution in [0.5, 0.6) is 0 Å². The SMILES string of the molecule is CC(C)(C)N(C(=O)O)C1CCN(c2cc(CCc3ccccc3)nc(N)n2)C1. The zero-order valence-electron chi connectivity index (χ0n) is 16.8. The van der Waals surface area contributed by atoms with Gasteiger partial charge in [-0.25, -0.2) is 9.78 Å². The summed E-state index contributed by atoms with van der Waals surface area (Å²) in [6.45, 7) is 7.13. The van der Waals surface area contributed by atoms with E-state index in [0.29, 0.717) is 6.54 Å². The Morgan fingerprint density at radius 3 is 2.61 bits per heavy atom. The molecule has 0 saturated carbocycles. The van der Waals surface area contributed by atoms with Gasteiger partial charge < -0.3 is 15.7 Å². The molecule has 28 heavy (non-hydrogen) atoms. The first-order valence-corrected chi connectivity index (χ1v) is 9.68. The van der Waals surface area contributed by atoms with Crippen LogP contribution in [-0.4, -0.2) is 50.7 Å². The third-order valence-electron chi connectivity index (χ3n) is 5.08. The number of hydrogen-bond acceptors (Lipinski definition) is 5. The van der Waals surface area contributed by atoms with E-state index >= 15 is 0 Å². The largest absolute Gasteiger partial charge is 0.465 e. The Labute approximate surface area is 166 Å². The summed E-state index contributed by atoms with van der Waals surface area (Å²) in [6, 6.07) is 12.2. The first-order valence-electron chi connectivity index (χ1n) is 9.68. The van der Waals surface area contributed by atoms with Gasteiger partial charge in [0.15, 0.2) is 0 Å². The summed E-state index contributed by atoms with van der Waals surface area (Å²) < 4.78 is 0. The highest BCUT2D eigenvalue weighted by atomic mass is 16.4. The molecule has 1 aromatic carbocycles. The van der Waals surface area contributed by atoms with Crippen molar-refractivity contribution in [3.63, 3.8) is 0 Å². The topological polar surface area (TPSA) is 95.6 Å². The first kappa shape index (κ1) is 19.9. The molecule has 150 valence electrons. The molecule has 1 unspecified atom stereocenters. The lowest BCUT2D eigenvalue weighted by Crippen LogP contribution is -2.52. The lowest BCUT2D eigenvalue weighted by Gasteiger charge is -2.37. The van der Waals surface area contributed by atoms with Gasteiger partial charge in [0.05, 0.1) is 6.04 Å². The van der Waals surface area contributed by atoms with E-state index in [1.165, 1.54) is 5.56 Å². The average Bonchev–Trinajstić information content (AvgIpc) is 3.08. The molecule has 2 aromatic rings. The molecule has 1 aliphatic rings. The predicted molar refractivity (Wildman–Crippen MR) is 111 cm³/mol. The Balaban J connectivity index is 1.72. The number of hydrogen-bond donors (Lipinski definition) is 2. The van der Waals surface area contributed by atoms with Crippen LogP contribution in [0, 0.1) is 0 Å². The van der Waals surface area contributed by atoms with Crippen LogP contribution >= 0.6 is 0 Å². The number of amides is 1. The van der Waals surface area contributed by atoms with E-state index in [4.69, 9.17) is 5.73 Å². The second-order valence-corrected chi connectivity index (χ2v) is 8.27. The van der Waals surface area contributed by atoms with Crippen LogP contribution in [0.25, 0.3) is 0 Å². The standard InChI is InChI=1S/C21H29N5O2/c1-21(2,3)26(20(27)28)17-11-12-25(14-17)18-13-16(23-19(22)24-18)10-9-15-7-5-4-6-8-15/h4-8,13,17H,9-12,14H2,1-3H3,(H,27,28)(H2,22,23,24). The van der Waals surface area contributed by atoms with Crippen molar-refractivity contribution in [3.05, 3.63) is 47.7 Å². The number of aromatic nitrogens is 2. The normalized spacial score (nSPS) is 17.0. The fourth-order valence-corrected chi connectivity index (χ4v) is 3.86. The summed E-state index contributed by atoms with van der Waals surface area (Å²) in [7, 11) is 0. The highest BCUT2D eigenvalue weighted by molar-refractivity contribution is 5.67. The number of anilines is 2. The monoisotopic (exact) mass is 383 g/mol. The fraction of sp³-hybridized carbons (Fsp3) is 0.476. The van der Waals surface area contributed by atoms with Gasteiger partial charge in [0.2, 0.25) is 5.95 Å². The van der Waals surface area contributed by atoms with E-state index < -0.39 is 11.6 Å². The van der Waals surface area contributed by atoms with Crippen LogP contribution in [-0.2, 0) is 12.8 Å². The highest BCUT2D eigenvalue weighted by Gasteiger charge is 2.37. The Morgan fingerprint density at radius 2 is 1.96 bits per heavy atom. The van der Waals surface area contributed by atoms with Crippen LogP contribution in [0.1, 0.15) is 38.4 Å². The molecule has 7 heteroatoms. The number of carboxylic acid groups (broad SMARTS) is 1. The van der Waals surface area contributed by atoms with Gasteiger partial charge in [0.25, 0.3) is 0 Å². The van der Waals surface area contributed by atoms with Crippen LogP contribution < -0.4 is 10.6 Å². The maximum Gasteiger partial charge on any atom is 0.408 e. The fourth-order valence-electron chi connectivity index (χ4n) is 3.86. The Morgan fingerprint density at radius 1 is 1.25 bits per heavy atom. The minimum Gasteiger partial charge on any atom is -0.465 e. The quantitative estimate of drug-likeness (QED) is 0.823. The lowest BCUT2D eigenvalue weighted by atomic mass is 10.0. The van der Waals surface area contributed by atoms with E-state index in [2.05, 4.69) is 27.0 Å². The second-order valence-electron chi connectivity index (χ2n) is 8.27. The van der Waals surface area contributed by atoms with E-state index in [9.17, 15) is 9.90 Å². The second kappa shape index (κ2) is 8.04. The van der Waals surface area contributed by atoms with Crippen molar-refractivity contribution >= 4 is 17.9 Å². The molecular weight excluding hydrogens is 354 g/mol. The number of nitrogens with two attached hydrogens (primary N) is 1. The molecule has 1 atom stereocenters. The molecule has 1 aliphatic heterocycles. The summed E-state index contributed by atoms with van der Waals surface area (Å²) in [5.41, 5.74) is 7.67. The van der Waals surface area contributed by atoms with Gasteiger partial charge in [-0.2, -0.15) is 4.98 Å². The highest BCUT2D eigenvalue weighted by Crippen LogP contribution is 2.27. The number of nitrogen functional groups attached to an aromatic ring is 1. The van der Waals surface area contributed by atoms with E-state index in [-0.39, 0.29) is 12.0 Å². The molecule has 0 aliphatic carbocycles. The van der Waals surface area contributed by atoms with Gasteiger partial charge in [0, 0.05) is 30.4 Å². The summed E-state index contributed by atoms with van der Waals surface area (Å²) >= 11 is 0. The molecule has 1 amide bonds. The number of nitrogens with zero attached hydrogens (tertiary/aromatic N) is 4. The zero-order valence-corrected chi connectivity index (χ0v) is 16.8. The van der Waals surface area contributed by atoms with Crippen LogP contribution in [0.15, 0.2) is 36.4 Å². The zero-order chi connectivity index (χ0) is 20.3. The van der Waals surface area contributed by atoms with Crippen molar-refractivity contribution in [2.45, 2.75) is 51.6 Å². The Bertz CT molecular complexity index is 819. The van der Waals surface area contributed by atoms with Gasteiger partial charge >= 0.3 is 6.09 Å². The van der Waals surface area contributed by atoms with Gasteiger partial charge in [-0.3, -0.25) is 4.90 Å². The molecule has 0 bridgehead atoms. The predicted octanol–water partition coefficient (Wildman–Crippen LogP) is 3.20.